The van der Waals surface area contributed by atoms with Crippen LogP contribution in [0.1, 0.15) is 43.2 Å². The molecule has 0 spiro atoms. The van der Waals surface area contributed by atoms with Crippen molar-refractivity contribution < 1.29 is 18.0 Å². The van der Waals surface area contributed by atoms with Crippen molar-refractivity contribution in [2.45, 2.75) is 56.4 Å². The van der Waals surface area contributed by atoms with E-state index in [1.54, 1.807) is 28.6 Å². The van der Waals surface area contributed by atoms with E-state index in [0.29, 0.717) is 24.4 Å². The summed E-state index contributed by atoms with van der Waals surface area (Å²) in [6.45, 7) is 3.06. The topological polar surface area (TPSA) is 95.6 Å². The fraction of sp³-hybridized carbons (Fsp3) is 0.440. The first kappa shape index (κ1) is 24.9. The van der Waals surface area contributed by atoms with Crippen LogP contribution in [0.4, 0.5) is 0 Å². The van der Waals surface area contributed by atoms with Gasteiger partial charge in [-0.15, -0.1) is 0 Å². The molecule has 0 radical (unpaired) electrons. The summed E-state index contributed by atoms with van der Waals surface area (Å²) in [5.74, 6) is -1.34. The van der Waals surface area contributed by atoms with Crippen LogP contribution in [0.3, 0.4) is 0 Å². The molecule has 1 aliphatic rings. The minimum absolute atomic E-state index is 0.195. The zero-order chi connectivity index (χ0) is 23.7. The Morgan fingerprint density at radius 2 is 1.61 bits per heavy atom. The summed E-state index contributed by atoms with van der Waals surface area (Å²) in [6.07, 6.45) is 4.55. The highest BCUT2D eigenvalue weighted by atomic mass is 32.2. The smallest absolute Gasteiger partial charge is 0.309 e. The minimum Gasteiger partial charge on any atom is -0.348 e. The molecule has 3 rings (SSSR count). The second-order valence-corrected chi connectivity index (χ2v) is 10.4. The first-order valence-corrected chi connectivity index (χ1v) is 13.0. The van der Waals surface area contributed by atoms with Crippen LogP contribution >= 0.6 is 0 Å². The molecule has 1 saturated heterocycles. The maximum atomic E-state index is 13.1. The number of aryl methyl sites for hydroxylation is 2. The molecule has 2 amide bonds. The Morgan fingerprint density at radius 3 is 2.30 bits per heavy atom. The molecule has 0 bridgehead atoms. The summed E-state index contributed by atoms with van der Waals surface area (Å²) < 4.78 is 27.8. The van der Waals surface area contributed by atoms with Gasteiger partial charge in [-0.1, -0.05) is 54.4 Å². The standard InChI is InChI=1S/C25H33N3O4S/c1-20-12-14-23(15-13-20)33(31,32)28-19-6-5-11-22(28)16-18-27-25(30)24(29)26-17-7-10-21-8-3-2-4-9-21/h2-4,8-9,12-15,22H,5-7,10-11,16-19H2,1H3,(H,26,29)(H,27,30). The van der Waals surface area contributed by atoms with Crippen LogP contribution in [0.15, 0.2) is 59.5 Å². The molecule has 7 nitrogen and oxygen atoms in total. The van der Waals surface area contributed by atoms with Crippen molar-refractivity contribution in [3.8, 4) is 0 Å². The van der Waals surface area contributed by atoms with Gasteiger partial charge in [0.25, 0.3) is 0 Å². The van der Waals surface area contributed by atoms with Gasteiger partial charge in [-0.25, -0.2) is 8.42 Å². The molecule has 1 unspecified atom stereocenters. The number of carbonyl (C=O) groups is 2. The zero-order valence-electron chi connectivity index (χ0n) is 19.1. The number of amides is 2. The largest absolute Gasteiger partial charge is 0.348 e. The molecule has 2 aromatic carbocycles. The Balaban J connectivity index is 1.44. The molecule has 0 saturated carbocycles. The van der Waals surface area contributed by atoms with Gasteiger partial charge < -0.3 is 10.6 Å². The van der Waals surface area contributed by atoms with Gasteiger partial charge in [-0.05, 0) is 56.7 Å². The lowest BCUT2D eigenvalue weighted by Crippen LogP contribution is -2.46. The van der Waals surface area contributed by atoms with Crippen LogP contribution in [0.2, 0.25) is 0 Å². The lowest BCUT2D eigenvalue weighted by Gasteiger charge is -2.34. The maximum Gasteiger partial charge on any atom is 0.309 e. The van der Waals surface area contributed by atoms with Crippen LogP contribution in [-0.2, 0) is 26.0 Å². The van der Waals surface area contributed by atoms with Crippen molar-refractivity contribution >= 4 is 21.8 Å². The molecule has 0 aromatic heterocycles. The van der Waals surface area contributed by atoms with E-state index in [0.717, 1.165) is 37.7 Å². The Hall–Kier alpha value is -2.71. The summed E-state index contributed by atoms with van der Waals surface area (Å²) in [4.78, 5) is 24.5. The molecule has 2 N–H and O–H groups in total. The van der Waals surface area contributed by atoms with E-state index < -0.39 is 21.8 Å². The predicted molar refractivity (Wildman–Crippen MR) is 128 cm³/mol. The summed E-state index contributed by atoms with van der Waals surface area (Å²) in [7, 11) is -3.59. The van der Waals surface area contributed by atoms with Crippen LogP contribution in [-0.4, -0.2) is 50.2 Å². The van der Waals surface area contributed by atoms with E-state index in [9.17, 15) is 18.0 Å². The Kier molecular flexibility index (Phi) is 9.03. The highest BCUT2D eigenvalue weighted by Gasteiger charge is 2.33. The highest BCUT2D eigenvalue weighted by molar-refractivity contribution is 7.89. The molecule has 2 aromatic rings. The molecule has 1 fully saturated rings. The first-order valence-electron chi connectivity index (χ1n) is 11.6. The number of benzene rings is 2. The number of rotatable bonds is 9. The second-order valence-electron chi connectivity index (χ2n) is 8.47. The Labute approximate surface area is 196 Å². The SMILES string of the molecule is Cc1ccc(S(=O)(=O)N2CCCCC2CCNC(=O)C(=O)NCCCc2ccccc2)cc1. The number of hydrogen-bond donors (Lipinski definition) is 2. The molecule has 8 heteroatoms. The van der Waals surface area contributed by atoms with Gasteiger partial charge in [0.15, 0.2) is 0 Å². The lowest BCUT2D eigenvalue weighted by atomic mass is 10.0. The molecule has 178 valence electrons. The maximum absolute atomic E-state index is 13.1. The Morgan fingerprint density at radius 1 is 0.939 bits per heavy atom. The summed E-state index contributed by atoms with van der Waals surface area (Å²) in [5.41, 5.74) is 2.19. The predicted octanol–water partition coefficient (Wildman–Crippen LogP) is 2.79. The number of nitrogens with one attached hydrogen (secondary N) is 2. The van der Waals surface area contributed by atoms with Crippen molar-refractivity contribution in [1.82, 2.24) is 14.9 Å². The number of nitrogens with zero attached hydrogens (tertiary/aromatic N) is 1. The van der Waals surface area contributed by atoms with Gasteiger partial charge >= 0.3 is 11.8 Å². The van der Waals surface area contributed by atoms with Gasteiger partial charge in [0.1, 0.15) is 0 Å². The fourth-order valence-corrected chi connectivity index (χ4v) is 5.80. The molecule has 1 heterocycles. The molecule has 0 aliphatic carbocycles. The number of hydrogen-bond acceptors (Lipinski definition) is 4. The average molecular weight is 472 g/mol. The van der Waals surface area contributed by atoms with Crippen LogP contribution in [0.25, 0.3) is 0 Å². The van der Waals surface area contributed by atoms with Gasteiger partial charge in [-0.2, -0.15) is 4.31 Å². The number of sulfonamides is 1. The average Bonchev–Trinajstić information content (AvgIpc) is 2.83. The third kappa shape index (κ3) is 7.14. The van der Waals surface area contributed by atoms with Crippen LogP contribution < -0.4 is 10.6 Å². The van der Waals surface area contributed by atoms with Gasteiger partial charge in [0, 0.05) is 25.7 Å². The van der Waals surface area contributed by atoms with E-state index in [1.807, 2.05) is 37.3 Å². The number of carbonyl (C=O) groups excluding carboxylic acids is 2. The monoisotopic (exact) mass is 471 g/mol. The summed E-state index contributed by atoms with van der Waals surface area (Å²) in [6, 6.07) is 16.6. The van der Waals surface area contributed by atoms with E-state index in [4.69, 9.17) is 0 Å². The van der Waals surface area contributed by atoms with E-state index in [2.05, 4.69) is 10.6 Å². The van der Waals surface area contributed by atoms with Crippen molar-refractivity contribution in [2.75, 3.05) is 19.6 Å². The normalized spacial score (nSPS) is 16.8. The first-order chi connectivity index (χ1) is 15.9. The van der Waals surface area contributed by atoms with Gasteiger partial charge in [0.05, 0.1) is 4.90 Å². The van der Waals surface area contributed by atoms with Crippen molar-refractivity contribution in [3.63, 3.8) is 0 Å². The molecular formula is C25H33N3O4S. The molecule has 1 aliphatic heterocycles. The minimum atomic E-state index is -3.59. The van der Waals surface area contributed by atoms with E-state index >= 15 is 0 Å². The Bertz CT molecular complexity index is 1020. The third-order valence-electron chi connectivity index (χ3n) is 5.94. The fourth-order valence-electron chi connectivity index (χ4n) is 4.08. The summed E-state index contributed by atoms with van der Waals surface area (Å²) >= 11 is 0. The second kappa shape index (κ2) is 12.0. The van der Waals surface area contributed by atoms with E-state index in [-0.39, 0.29) is 12.6 Å². The van der Waals surface area contributed by atoms with Crippen LogP contribution in [0.5, 0.6) is 0 Å². The lowest BCUT2D eigenvalue weighted by molar-refractivity contribution is -0.139. The van der Waals surface area contributed by atoms with Crippen molar-refractivity contribution in [2.24, 2.45) is 0 Å². The quantitative estimate of drug-likeness (QED) is 0.434. The number of piperidine rings is 1. The van der Waals surface area contributed by atoms with Gasteiger partial charge in [-0.3, -0.25) is 9.59 Å². The molecule has 1 atom stereocenters. The van der Waals surface area contributed by atoms with Crippen LogP contribution in [0, 0.1) is 6.92 Å². The van der Waals surface area contributed by atoms with Crippen molar-refractivity contribution in [3.05, 3.63) is 65.7 Å². The van der Waals surface area contributed by atoms with Gasteiger partial charge in [0.2, 0.25) is 10.0 Å². The highest BCUT2D eigenvalue weighted by Crippen LogP contribution is 2.27. The molecule has 33 heavy (non-hydrogen) atoms. The molecular weight excluding hydrogens is 438 g/mol. The zero-order valence-corrected chi connectivity index (χ0v) is 19.9. The third-order valence-corrected chi connectivity index (χ3v) is 7.91. The van der Waals surface area contributed by atoms with E-state index in [1.165, 1.54) is 5.56 Å². The summed E-state index contributed by atoms with van der Waals surface area (Å²) in [5, 5.41) is 5.28. The van der Waals surface area contributed by atoms with Crippen molar-refractivity contribution in [1.29, 1.82) is 0 Å².